The standard InChI is InChI=1S/C15H19N3OS/c1-2-11-13(16-15(19)10-6-3-4-7-10)14(18-17-11)12-8-5-9-20-12/h5,8-10H,2-4,6-7H2,1H3,(H,16,19)(H,17,18). The van der Waals surface area contributed by atoms with Crippen LogP contribution in [0, 0.1) is 5.92 Å². The molecule has 1 amide bonds. The molecule has 1 saturated carbocycles. The molecule has 0 aromatic carbocycles. The minimum atomic E-state index is 0.149. The number of anilines is 1. The van der Waals surface area contributed by atoms with Crippen molar-refractivity contribution in [1.29, 1.82) is 0 Å². The van der Waals surface area contributed by atoms with E-state index in [1.54, 1.807) is 11.3 Å². The minimum absolute atomic E-state index is 0.149. The third-order valence-electron chi connectivity index (χ3n) is 3.92. The molecule has 20 heavy (non-hydrogen) atoms. The molecule has 0 radical (unpaired) electrons. The van der Waals surface area contributed by atoms with E-state index in [4.69, 9.17) is 0 Å². The Morgan fingerprint density at radius 3 is 2.95 bits per heavy atom. The molecule has 4 nitrogen and oxygen atoms in total. The molecule has 2 N–H and O–H groups in total. The van der Waals surface area contributed by atoms with Crippen LogP contribution < -0.4 is 5.32 Å². The Hall–Kier alpha value is -1.62. The quantitative estimate of drug-likeness (QED) is 0.898. The summed E-state index contributed by atoms with van der Waals surface area (Å²) in [6.45, 7) is 2.07. The highest BCUT2D eigenvalue weighted by atomic mass is 32.1. The highest BCUT2D eigenvalue weighted by Crippen LogP contribution is 2.33. The van der Waals surface area contributed by atoms with E-state index in [2.05, 4.69) is 22.4 Å². The van der Waals surface area contributed by atoms with E-state index in [1.165, 1.54) is 12.8 Å². The molecular formula is C15H19N3OS. The largest absolute Gasteiger partial charge is 0.322 e. The number of nitrogens with zero attached hydrogens (tertiary/aromatic N) is 1. The lowest BCUT2D eigenvalue weighted by molar-refractivity contribution is -0.119. The molecule has 0 unspecified atom stereocenters. The normalized spacial score (nSPS) is 15.7. The minimum Gasteiger partial charge on any atom is -0.322 e. The van der Waals surface area contributed by atoms with Crippen molar-refractivity contribution in [1.82, 2.24) is 10.2 Å². The van der Waals surface area contributed by atoms with E-state index in [9.17, 15) is 4.79 Å². The highest BCUT2D eigenvalue weighted by molar-refractivity contribution is 7.13. The Kier molecular flexibility index (Phi) is 3.87. The molecule has 2 aromatic rings. The number of thiophene rings is 1. The number of aromatic amines is 1. The smallest absolute Gasteiger partial charge is 0.227 e. The number of aryl methyl sites for hydroxylation is 1. The van der Waals surface area contributed by atoms with Crippen LogP contribution in [0.2, 0.25) is 0 Å². The second-order valence-corrected chi connectivity index (χ2v) is 6.17. The number of rotatable bonds is 4. The zero-order valence-electron chi connectivity index (χ0n) is 11.6. The van der Waals surface area contributed by atoms with E-state index < -0.39 is 0 Å². The van der Waals surface area contributed by atoms with E-state index in [-0.39, 0.29) is 11.8 Å². The first-order valence-electron chi connectivity index (χ1n) is 7.21. The summed E-state index contributed by atoms with van der Waals surface area (Å²) < 4.78 is 0. The lowest BCUT2D eigenvalue weighted by atomic mass is 10.1. The summed E-state index contributed by atoms with van der Waals surface area (Å²) in [4.78, 5) is 13.4. The average molecular weight is 289 g/mol. The summed E-state index contributed by atoms with van der Waals surface area (Å²) in [6.07, 6.45) is 5.20. The number of carbonyl (C=O) groups is 1. The van der Waals surface area contributed by atoms with E-state index >= 15 is 0 Å². The van der Waals surface area contributed by atoms with Gasteiger partial charge in [-0.2, -0.15) is 5.10 Å². The Balaban J connectivity index is 1.87. The zero-order valence-corrected chi connectivity index (χ0v) is 12.4. The predicted molar refractivity (Wildman–Crippen MR) is 81.9 cm³/mol. The molecule has 0 spiro atoms. The van der Waals surface area contributed by atoms with Crippen LogP contribution in [0.3, 0.4) is 0 Å². The summed E-state index contributed by atoms with van der Waals surface area (Å²) in [5.74, 6) is 0.321. The molecule has 5 heteroatoms. The van der Waals surface area contributed by atoms with Crippen molar-refractivity contribution in [2.24, 2.45) is 5.92 Å². The molecule has 0 atom stereocenters. The SMILES string of the molecule is CCc1[nH]nc(-c2cccs2)c1NC(=O)C1CCCC1. The van der Waals surface area contributed by atoms with Crippen LogP contribution in [-0.4, -0.2) is 16.1 Å². The molecule has 1 aliphatic carbocycles. The van der Waals surface area contributed by atoms with Gasteiger partial charge >= 0.3 is 0 Å². The zero-order chi connectivity index (χ0) is 13.9. The van der Waals surface area contributed by atoms with Gasteiger partial charge in [0, 0.05) is 5.92 Å². The van der Waals surface area contributed by atoms with Gasteiger partial charge in [0.25, 0.3) is 0 Å². The lowest BCUT2D eigenvalue weighted by Crippen LogP contribution is -2.21. The topological polar surface area (TPSA) is 57.8 Å². The summed E-state index contributed by atoms with van der Waals surface area (Å²) in [5.41, 5.74) is 2.73. The molecule has 0 bridgehead atoms. The molecule has 1 fully saturated rings. The maximum absolute atomic E-state index is 12.4. The predicted octanol–water partition coefficient (Wildman–Crippen LogP) is 3.83. The summed E-state index contributed by atoms with van der Waals surface area (Å²) in [5, 5.41) is 12.6. The summed E-state index contributed by atoms with van der Waals surface area (Å²) in [6, 6.07) is 4.04. The molecular weight excluding hydrogens is 270 g/mol. The number of aromatic nitrogens is 2. The van der Waals surface area contributed by atoms with Gasteiger partial charge in [-0.15, -0.1) is 11.3 Å². The van der Waals surface area contributed by atoms with Crippen LogP contribution in [0.15, 0.2) is 17.5 Å². The molecule has 3 rings (SSSR count). The maximum atomic E-state index is 12.4. The van der Waals surface area contributed by atoms with Gasteiger partial charge < -0.3 is 5.32 Å². The van der Waals surface area contributed by atoms with Crippen molar-refractivity contribution < 1.29 is 4.79 Å². The average Bonchev–Trinajstić information content (AvgIpc) is 3.20. The van der Waals surface area contributed by atoms with E-state index in [0.717, 1.165) is 41.2 Å². The second kappa shape index (κ2) is 5.79. The summed E-state index contributed by atoms with van der Waals surface area (Å²) in [7, 11) is 0. The van der Waals surface area contributed by atoms with Gasteiger partial charge in [-0.3, -0.25) is 9.89 Å². The van der Waals surface area contributed by atoms with Gasteiger partial charge in [0.1, 0.15) is 5.69 Å². The van der Waals surface area contributed by atoms with Gasteiger partial charge in [0.2, 0.25) is 5.91 Å². The number of carbonyl (C=O) groups excluding carboxylic acids is 1. The molecule has 2 aromatic heterocycles. The van der Waals surface area contributed by atoms with Crippen LogP contribution in [-0.2, 0) is 11.2 Å². The fraction of sp³-hybridized carbons (Fsp3) is 0.467. The van der Waals surface area contributed by atoms with Gasteiger partial charge in [-0.1, -0.05) is 25.8 Å². The van der Waals surface area contributed by atoms with Crippen molar-refractivity contribution in [2.45, 2.75) is 39.0 Å². The monoisotopic (exact) mass is 289 g/mol. The van der Waals surface area contributed by atoms with Gasteiger partial charge in [0.15, 0.2) is 0 Å². The first-order valence-corrected chi connectivity index (χ1v) is 8.09. The van der Waals surface area contributed by atoms with Crippen LogP contribution in [0.1, 0.15) is 38.3 Å². The first-order chi connectivity index (χ1) is 9.79. The van der Waals surface area contributed by atoms with Crippen molar-refractivity contribution >= 4 is 22.9 Å². The number of hydrogen-bond acceptors (Lipinski definition) is 3. The van der Waals surface area contributed by atoms with Gasteiger partial charge in [-0.25, -0.2) is 0 Å². The number of hydrogen-bond donors (Lipinski definition) is 2. The second-order valence-electron chi connectivity index (χ2n) is 5.23. The number of nitrogens with one attached hydrogen (secondary N) is 2. The van der Waals surface area contributed by atoms with E-state index in [1.807, 2.05) is 17.5 Å². The molecule has 106 valence electrons. The fourth-order valence-corrected chi connectivity index (χ4v) is 3.49. The molecule has 1 aliphatic rings. The van der Waals surface area contributed by atoms with Crippen LogP contribution in [0.25, 0.3) is 10.6 Å². The van der Waals surface area contributed by atoms with Crippen molar-refractivity contribution in [3.05, 3.63) is 23.2 Å². The highest BCUT2D eigenvalue weighted by Gasteiger charge is 2.25. The Morgan fingerprint density at radius 1 is 1.50 bits per heavy atom. The van der Waals surface area contributed by atoms with Crippen LogP contribution in [0.5, 0.6) is 0 Å². The molecule has 0 aliphatic heterocycles. The van der Waals surface area contributed by atoms with Crippen LogP contribution in [0.4, 0.5) is 5.69 Å². The Morgan fingerprint density at radius 2 is 2.30 bits per heavy atom. The maximum Gasteiger partial charge on any atom is 0.227 e. The summed E-state index contributed by atoms with van der Waals surface area (Å²) >= 11 is 1.64. The third-order valence-corrected chi connectivity index (χ3v) is 4.80. The number of amides is 1. The first kappa shape index (κ1) is 13.4. The Bertz CT molecular complexity index is 582. The molecule has 2 heterocycles. The fourth-order valence-electron chi connectivity index (χ4n) is 2.77. The van der Waals surface area contributed by atoms with Crippen molar-refractivity contribution in [2.75, 3.05) is 5.32 Å². The van der Waals surface area contributed by atoms with E-state index in [0.29, 0.717) is 0 Å². The lowest BCUT2D eigenvalue weighted by Gasteiger charge is -2.11. The molecule has 0 saturated heterocycles. The van der Waals surface area contributed by atoms with Gasteiger partial charge in [0.05, 0.1) is 16.3 Å². The Labute approximate surface area is 122 Å². The van der Waals surface area contributed by atoms with Crippen molar-refractivity contribution in [3.63, 3.8) is 0 Å². The number of H-pyrrole nitrogens is 1. The van der Waals surface area contributed by atoms with Crippen LogP contribution >= 0.6 is 11.3 Å². The van der Waals surface area contributed by atoms with Gasteiger partial charge in [-0.05, 0) is 30.7 Å². The van der Waals surface area contributed by atoms with Crippen molar-refractivity contribution in [3.8, 4) is 10.6 Å². The third kappa shape index (κ3) is 2.50.